The molecule has 1 aromatic rings. The van der Waals surface area contributed by atoms with Crippen LogP contribution in [0.2, 0.25) is 0 Å². The number of aliphatic hydroxyl groups is 1. The van der Waals surface area contributed by atoms with Gasteiger partial charge in [0.15, 0.2) is 5.96 Å². The van der Waals surface area contributed by atoms with Crippen molar-refractivity contribution < 1.29 is 19.0 Å². The number of aliphatic imine (C=N–C) groups is 1. The molecule has 1 amide bonds. The Morgan fingerprint density at radius 2 is 1.77 bits per heavy atom. The minimum absolute atomic E-state index is 0.284. The van der Waals surface area contributed by atoms with E-state index in [1.54, 1.807) is 11.0 Å². The van der Waals surface area contributed by atoms with Crippen LogP contribution in [0, 0.1) is 5.82 Å². The molecule has 0 unspecified atom stereocenters. The maximum Gasteiger partial charge on any atom is 0.410 e. The van der Waals surface area contributed by atoms with Crippen molar-refractivity contribution in [1.82, 2.24) is 9.80 Å². The second-order valence-electron chi connectivity index (χ2n) is 9.13. The van der Waals surface area contributed by atoms with Gasteiger partial charge in [0.1, 0.15) is 11.4 Å². The van der Waals surface area contributed by atoms with Crippen molar-refractivity contribution in [2.75, 3.05) is 44.2 Å². The Labute approximate surface area is 183 Å². The summed E-state index contributed by atoms with van der Waals surface area (Å²) in [7, 11) is 0. The number of amides is 1. The van der Waals surface area contributed by atoms with Crippen molar-refractivity contribution in [3.05, 3.63) is 29.6 Å². The number of piperidine rings is 1. The molecule has 1 aromatic carbocycles. The number of hydrogen-bond donors (Lipinski definition) is 2. The number of guanidine groups is 1. The smallest absolute Gasteiger partial charge is 0.410 e. The third-order valence-corrected chi connectivity index (χ3v) is 5.50. The molecular weight excluding hydrogens is 401 g/mol. The first-order chi connectivity index (χ1) is 14.6. The van der Waals surface area contributed by atoms with Crippen molar-refractivity contribution in [2.45, 2.75) is 51.9 Å². The molecule has 0 bridgehead atoms. The standard InChI is InChI=1S/C22H34FN5O3/c1-22(2,3)31-21(30)28-12-10-27(11-13-28)20(24)25-15-16-4-5-19(18(23)14-16)26-8-6-17(29)7-9-26/h4-5,14,17,29H,6-13,15H2,1-3H3,(H2,24,25). The molecule has 0 aromatic heterocycles. The van der Waals surface area contributed by atoms with E-state index < -0.39 is 5.60 Å². The van der Waals surface area contributed by atoms with E-state index in [2.05, 4.69) is 4.99 Å². The molecule has 31 heavy (non-hydrogen) atoms. The number of carbonyl (C=O) groups excluding carboxylic acids is 1. The fourth-order valence-electron chi connectivity index (χ4n) is 3.73. The zero-order valence-corrected chi connectivity index (χ0v) is 18.7. The second kappa shape index (κ2) is 9.72. The van der Waals surface area contributed by atoms with E-state index >= 15 is 0 Å². The van der Waals surface area contributed by atoms with E-state index in [0.717, 1.165) is 5.56 Å². The number of ether oxygens (including phenoxy) is 1. The summed E-state index contributed by atoms with van der Waals surface area (Å²) < 4.78 is 20.0. The Balaban J connectivity index is 1.51. The van der Waals surface area contributed by atoms with E-state index in [0.29, 0.717) is 63.8 Å². The lowest BCUT2D eigenvalue weighted by Crippen LogP contribution is -2.53. The van der Waals surface area contributed by atoms with Gasteiger partial charge >= 0.3 is 6.09 Å². The lowest BCUT2D eigenvalue weighted by molar-refractivity contribution is 0.0186. The lowest BCUT2D eigenvalue weighted by atomic mass is 10.1. The van der Waals surface area contributed by atoms with Crippen LogP contribution in [0.15, 0.2) is 23.2 Å². The number of benzene rings is 1. The molecule has 2 fully saturated rings. The van der Waals surface area contributed by atoms with Gasteiger partial charge in [-0.25, -0.2) is 14.2 Å². The van der Waals surface area contributed by atoms with Crippen LogP contribution >= 0.6 is 0 Å². The molecule has 2 saturated heterocycles. The molecule has 8 nitrogen and oxygen atoms in total. The topological polar surface area (TPSA) is 94.6 Å². The molecule has 3 N–H and O–H groups in total. The molecule has 172 valence electrons. The summed E-state index contributed by atoms with van der Waals surface area (Å²) in [5.74, 6) is 0.104. The Bertz CT molecular complexity index is 795. The van der Waals surface area contributed by atoms with Crippen LogP contribution in [-0.4, -0.2) is 77.9 Å². The van der Waals surface area contributed by atoms with Gasteiger partial charge in [-0.3, -0.25) is 0 Å². The summed E-state index contributed by atoms with van der Waals surface area (Å²) >= 11 is 0. The van der Waals surface area contributed by atoms with Crippen LogP contribution in [-0.2, 0) is 11.3 Å². The first-order valence-corrected chi connectivity index (χ1v) is 10.9. The summed E-state index contributed by atoms with van der Waals surface area (Å²) in [5, 5.41) is 9.63. The van der Waals surface area contributed by atoms with Crippen LogP contribution in [0.25, 0.3) is 0 Å². The van der Waals surface area contributed by atoms with E-state index in [1.807, 2.05) is 36.6 Å². The quantitative estimate of drug-likeness (QED) is 0.558. The van der Waals surface area contributed by atoms with Gasteiger partial charge in [-0.1, -0.05) is 6.07 Å². The van der Waals surface area contributed by atoms with E-state index in [9.17, 15) is 14.3 Å². The highest BCUT2D eigenvalue weighted by molar-refractivity contribution is 5.78. The fourth-order valence-corrected chi connectivity index (χ4v) is 3.73. The SMILES string of the molecule is CC(C)(C)OC(=O)N1CCN(C(N)=NCc2ccc(N3CCC(O)CC3)c(F)c2)CC1. The molecule has 0 spiro atoms. The van der Waals surface area contributed by atoms with Crippen molar-refractivity contribution in [3.8, 4) is 0 Å². The van der Waals surface area contributed by atoms with Crippen molar-refractivity contribution >= 4 is 17.7 Å². The van der Waals surface area contributed by atoms with Gasteiger partial charge in [-0.15, -0.1) is 0 Å². The average molecular weight is 436 g/mol. The Morgan fingerprint density at radius 1 is 1.16 bits per heavy atom. The largest absolute Gasteiger partial charge is 0.444 e. The van der Waals surface area contributed by atoms with Crippen molar-refractivity contribution in [2.24, 2.45) is 10.7 Å². The number of nitrogens with zero attached hydrogens (tertiary/aromatic N) is 4. The lowest BCUT2D eigenvalue weighted by Gasteiger charge is -2.36. The molecule has 0 aliphatic carbocycles. The number of nitrogens with two attached hydrogens (primary N) is 1. The van der Waals surface area contributed by atoms with Crippen LogP contribution in [0.4, 0.5) is 14.9 Å². The average Bonchev–Trinajstić information content (AvgIpc) is 2.72. The summed E-state index contributed by atoms with van der Waals surface area (Å²) in [4.78, 5) is 22.1. The van der Waals surface area contributed by atoms with E-state index in [1.165, 1.54) is 6.07 Å². The summed E-state index contributed by atoms with van der Waals surface area (Å²) in [6.45, 7) is 9.29. The van der Waals surface area contributed by atoms with Gasteiger partial charge < -0.3 is 30.3 Å². The maximum absolute atomic E-state index is 14.6. The first-order valence-electron chi connectivity index (χ1n) is 10.9. The van der Waals surface area contributed by atoms with Crippen molar-refractivity contribution in [3.63, 3.8) is 0 Å². The third-order valence-electron chi connectivity index (χ3n) is 5.50. The molecule has 2 aliphatic rings. The van der Waals surface area contributed by atoms with Crippen LogP contribution < -0.4 is 10.6 Å². The Kier molecular flexibility index (Phi) is 7.25. The summed E-state index contributed by atoms with van der Waals surface area (Å²) in [5.41, 5.74) is 6.92. The molecule has 0 saturated carbocycles. The van der Waals surface area contributed by atoms with Gasteiger partial charge in [0.2, 0.25) is 0 Å². The number of carbonyl (C=O) groups is 1. The van der Waals surface area contributed by atoms with Gasteiger partial charge in [0.25, 0.3) is 0 Å². The minimum Gasteiger partial charge on any atom is -0.444 e. The molecule has 2 aliphatic heterocycles. The number of halogens is 1. The third kappa shape index (κ3) is 6.46. The van der Waals surface area contributed by atoms with Gasteiger partial charge in [-0.2, -0.15) is 0 Å². The van der Waals surface area contributed by atoms with Crippen LogP contribution in [0.1, 0.15) is 39.2 Å². The summed E-state index contributed by atoms with van der Waals surface area (Å²) in [6.07, 6.45) is 0.704. The predicted molar refractivity (Wildman–Crippen MR) is 119 cm³/mol. The molecule has 9 heteroatoms. The van der Waals surface area contributed by atoms with Gasteiger partial charge in [0, 0.05) is 39.3 Å². The van der Waals surface area contributed by atoms with E-state index in [4.69, 9.17) is 10.5 Å². The zero-order chi connectivity index (χ0) is 22.6. The fraction of sp³-hybridized carbons (Fsp3) is 0.636. The normalized spacial score (nSPS) is 19.0. The number of aliphatic hydroxyl groups excluding tert-OH is 1. The predicted octanol–water partition coefficient (Wildman–Crippen LogP) is 2.15. The summed E-state index contributed by atoms with van der Waals surface area (Å²) in [6, 6.07) is 5.13. The number of hydrogen-bond acceptors (Lipinski definition) is 5. The molecule has 3 rings (SSSR count). The second-order valence-corrected chi connectivity index (χ2v) is 9.13. The zero-order valence-electron chi connectivity index (χ0n) is 18.7. The first kappa shape index (κ1) is 23.1. The monoisotopic (exact) mass is 435 g/mol. The van der Waals surface area contributed by atoms with Gasteiger partial charge in [0.05, 0.1) is 18.3 Å². The minimum atomic E-state index is -0.519. The Hall–Kier alpha value is -2.55. The van der Waals surface area contributed by atoms with Crippen molar-refractivity contribution in [1.29, 1.82) is 0 Å². The van der Waals surface area contributed by atoms with Gasteiger partial charge in [-0.05, 0) is 51.3 Å². The van der Waals surface area contributed by atoms with Crippen LogP contribution in [0.3, 0.4) is 0 Å². The van der Waals surface area contributed by atoms with Crippen LogP contribution in [0.5, 0.6) is 0 Å². The Morgan fingerprint density at radius 3 is 2.35 bits per heavy atom. The highest BCUT2D eigenvalue weighted by atomic mass is 19.1. The highest BCUT2D eigenvalue weighted by Gasteiger charge is 2.26. The molecule has 2 heterocycles. The maximum atomic E-state index is 14.6. The van der Waals surface area contributed by atoms with E-state index in [-0.39, 0.29) is 24.6 Å². The molecule has 0 atom stereocenters. The number of rotatable bonds is 3. The highest BCUT2D eigenvalue weighted by Crippen LogP contribution is 2.24. The molecular formula is C22H34FN5O3. The molecule has 0 radical (unpaired) electrons. The number of piperazine rings is 1. The number of anilines is 1.